The normalized spacial score (nSPS) is 22.4. The highest BCUT2D eigenvalue weighted by molar-refractivity contribution is 5.88. The summed E-state index contributed by atoms with van der Waals surface area (Å²) in [5.41, 5.74) is 5.82. The van der Waals surface area contributed by atoms with Gasteiger partial charge in [0.15, 0.2) is 5.60 Å². The van der Waals surface area contributed by atoms with E-state index in [-0.39, 0.29) is 24.8 Å². The summed E-state index contributed by atoms with van der Waals surface area (Å²) in [5, 5.41) is 10.1. The Morgan fingerprint density at radius 1 is 1.26 bits per heavy atom. The quantitative estimate of drug-likeness (QED) is 0.861. The van der Waals surface area contributed by atoms with Gasteiger partial charge in [0, 0.05) is 13.0 Å². The molecule has 5 heteroatoms. The van der Waals surface area contributed by atoms with Crippen LogP contribution in [0.4, 0.5) is 0 Å². The molecule has 23 heavy (non-hydrogen) atoms. The van der Waals surface area contributed by atoms with Crippen molar-refractivity contribution >= 4 is 11.8 Å². The number of nitrogens with two attached hydrogens (primary N) is 1. The first-order valence-corrected chi connectivity index (χ1v) is 8.13. The summed E-state index contributed by atoms with van der Waals surface area (Å²) in [4.78, 5) is 25.4. The number of aliphatic hydroxyl groups is 1. The molecular weight excluding hydrogens is 292 g/mol. The van der Waals surface area contributed by atoms with Crippen molar-refractivity contribution in [3.63, 3.8) is 0 Å². The molecule has 1 fully saturated rings. The molecule has 2 amide bonds. The molecule has 1 aromatic rings. The minimum Gasteiger partial charge on any atom is -0.378 e. The first-order chi connectivity index (χ1) is 10.7. The monoisotopic (exact) mass is 318 g/mol. The molecule has 0 aliphatic carbocycles. The van der Waals surface area contributed by atoms with Gasteiger partial charge in [-0.3, -0.25) is 9.59 Å². The first-order valence-electron chi connectivity index (χ1n) is 8.13. The van der Waals surface area contributed by atoms with Gasteiger partial charge in [-0.2, -0.15) is 0 Å². The molecule has 1 saturated heterocycles. The lowest BCUT2D eigenvalue weighted by Gasteiger charge is -2.23. The van der Waals surface area contributed by atoms with Crippen LogP contribution in [0, 0.1) is 5.92 Å². The Bertz CT molecular complexity index is 582. The molecule has 0 radical (unpaired) electrons. The van der Waals surface area contributed by atoms with Crippen LogP contribution in [0.5, 0.6) is 0 Å². The Balaban J connectivity index is 2.04. The summed E-state index contributed by atoms with van der Waals surface area (Å²) in [5.74, 6) is -0.563. The van der Waals surface area contributed by atoms with Crippen molar-refractivity contribution < 1.29 is 14.7 Å². The van der Waals surface area contributed by atoms with Gasteiger partial charge in [0.25, 0.3) is 5.91 Å². The zero-order valence-electron chi connectivity index (χ0n) is 14.1. The summed E-state index contributed by atoms with van der Waals surface area (Å²) in [6, 6.07) is 8.08. The van der Waals surface area contributed by atoms with Crippen molar-refractivity contribution in [2.45, 2.75) is 45.1 Å². The lowest BCUT2D eigenvalue weighted by molar-refractivity contribution is -0.137. The van der Waals surface area contributed by atoms with Gasteiger partial charge in [-0.15, -0.1) is 0 Å². The van der Waals surface area contributed by atoms with Crippen molar-refractivity contribution in [2.24, 2.45) is 11.7 Å². The third-order valence-corrected chi connectivity index (χ3v) is 4.51. The maximum Gasteiger partial charge on any atom is 0.251 e. The Kier molecular flexibility index (Phi) is 5.09. The van der Waals surface area contributed by atoms with Crippen molar-refractivity contribution in [1.82, 2.24) is 4.90 Å². The van der Waals surface area contributed by atoms with Gasteiger partial charge in [0.2, 0.25) is 5.91 Å². The maximum absolute atomic E-state index is 12.6. The van der Waals surface area contributed by atoms with Gasteiger partial charge < -0.3 is 15.7 Å². The Hall–Kier alpha value is -1.88. The number of rotatable bonds is 5. The van der Waals surface area contributed by atoms with E-state index in [2.05, 4.69) is 26.0 Å². The van der Waals surface area contributed by atoms with E-state index in [0.717, 1.165) is 12.0 Å². The zero-order valence-corrected chi connectivity index (χ0v) is 14.1. The number of nitrogens with zero attached hydrogens (tertiary/aromatic N) is 1. The average Bonchev–Trinajstić information content (AvgIpc) is 2.90. The summed E-state index contributed by atoms with van der Waals surface area (Å²) < 4.78 is 0. The number of primary amides is 1. The number of carbonyl (C=O) groups is 2. The van der Waals surface area contributed by atoms with Gasteiger partial charge in [0.05, 0.1) is 12.5 Å². The van der Waals surface area contributed by atoms with Crippen molar-refractivity contribution in [2.75, 3.05) is 13.1 Å². The molecule has 1 heterocycles. The van der Waals surface area contributed by atoms with Crippen molar-refractivity contribution in [3.8, 4) is 0 Å². The largest absolute Gasteiger partial charge is 0.378 e. The predicted molar refractivity (Wildman–Crippen MR) is 88.7 cm³/mol. The van der Waals surface area contributed by atoms with E-state index in [9.17, 15) is 14.7 Å². The van der Waals surface area contributed by atoms with Gasteiger partial charge in [-0.05, 0) is 30.4 Å². The molecule has 0 aromatic heterocycles. The van der Waals surface area contributed by atoms with Gasteiger partial charge >= 0.3 is 0 Å². The smallest absolute Gasteiger partial charge is 0.251 e. The number of amides is 2. The van der Waals surface area contributed by atoms with Crippen LogP contribution in [0.25, 0.3) is 0 Å². The van der Waals surface area contributed by atoms with E-state index < -0.39 is 11.5 Å². The van der Waals surface area contributed by atoms with Crippen LogP contribution in [0.1, 0.15) is 44.2 Å². The maximum atomic E-state index is 12.6. The molecule has 126 valence electrons. The molecule has 1 unspecified atom stereocenters. The van der Waals surface area contributed by atoms with Crippen molar-refractivity contribution in [3.05, 3.63) is 35.4 Å². The zero-order chi connectivity index (χ0) is 17.2. The van der Waals surface area contributed by atoms with Crippen LogP contribution < -0.4 is 5.73 Å². The molecule has 1 aliphatic heterocycles. The second-order valence-corrected chi connectivity index (χ2v) is 6.97. The number of hydrogen-bond acceptors (Lipinski definition) is 3. The molecule has 0 bridgehead atoms. The van der Waals surface area contributed by atoms with E-state index in [1.54, 1.807) is 0 Å². The molecule has 2 atom stereocenters. The van der Waals surface area contributed by atoms with E-state index in [1.807, 2.05) is 19.1 Å². The minimum atomic E-state index is -1.59. The van der Waals surface area contributed by atoms with Gasteiger partial charge in [-0.25, -0.2) is 0 Å². The first kappa shape index (κ1) is 17.5. The number of β-amino-alcohol motifs (C(OH)–C–C–N with tert-alkyl or cyclic N) is 1. The molecular formula is C18H26N2O3. The summed E-state index contributed by atoms with van der Waals surface area (Å²) in [6.07, 6.45) is 1.22. The Morgan fingerprint density at radius 3 is 2.35 bits per heavy atom. The molecule has 1 aliphatic rings. The predicted octanol–water partition coefficient (Wildman–Crippen LogP) is 1.44. The molecule has 2 rings (SSSR count). The molecule has 0 spiro atoms. The highest BCUT2D eigenvalue weighted by atomic mass is 16.3. The van der Waals surface area contributed by atoms with Gasteiger partial charge in [-0.1, -0.05) is 38.1 Å². The lowest BCUT2D eigenvalue weighted by Crippen LogP contribution is -2.47. The number of benzene rings is 1. The standard InChI is InChI=1S/C18H26N2O3/c1-12(2)10-14-4-6-15(7-5-14)13(3)16(21)20-9-8-18(23,11-20)17(19)22/h4-7,12-13,23H,8-11H2,1-3H3,(H2,19,22)/t13-,18?/m0/s1. The van der Waals surface area contributed by atoms with Gasteiger partial charge in [0.1, 0.15) is 0 Å². The Labute approximate surface area is 137 Å². The fourth-order valence-corrected chi connectivity index (χ4v) is 3.01. The summed E-state index contributed by atoms with van der Waals surface area (Å²) in [7, 11) is 0. The van der Waals surface area contributed by atoms with Crippen LogP contribution in [-0.2, 0) is 16.0 Å². The van der Waals surface area contributed by atoms with Crippen LogP contribution in [0.15, 0.2) is 24.3 Å². The van der Waals surface area contributed by atoms with Crippen LogP contribution >= 0.6 is 0 Å². The SMILES string of the molecule is CC(C)Cc1ccc([C@H](C)C(=O)N2CCC(O)(C(N)=O)C2)cc1. The lowest BCUT2D eigenvalue weighted by atomic mass is 9.96. The molecule has 1 aromatic carbocycles. The number of hydrogen-bond donors (Lipinski definition) is 2. The van der Waals surface area contributed by atoms with E-state index in [0.29, 0.717) is 12.5 Å². The minimum absolute atomic E-state index is 0.0169. The molecule has 0 saturated carbocycles. The third kappa shape index (κ3) is 3.91. The van der Waals surface area contributed by atoms with Crippen molar-refractivity contribution in [1.29, 1.82) is 0 Å². The summed E-state index contributed by atoms with van der Waals surface area (Å²) in [6.45, 7) is 6.53. The number of carbonyl (C=O) groups excluding carboxylic acids is 2. The summed E-state index contributed by atoms with van der Waals surface area (Å²) >= 11 is 0. The molecule has 3 N–H and O–H groups in total. The third-order valence-electron chi connectivity index (χ3n) is 4.51. The number of likely N-dealkylation sites (tertiary alicyclic amines) is 1. The van der Waals surface area contributed by atoms with E-state index >= 15 is 0 Å². The molecule has 5 nitrogen and oxygen atoms in total. The highest BCUT2D eigenvalue weighted by Crippen LogP contribution is 2.26. The van der Waals surface area contributed by atoms with Crippen LogP contribution in [0.2, 0.25) is 0 Å². The van der Waals surface area contributed by atoms with Crippen LogP contribution in [-0.4, -0.2) is 40.5 Å². The Morgan fingerprint density at radius 2 is 1.87 bits per heavy atom. The average molecular weight is 318 g/mol. The van der Waals surface area contributed by atoms with Crippen LogP contribution in [0.3, 0.4) is 0 Å². The fourth-order valence-electron chi connectivity index (χ4n) is 3.01. The highest BCUT2D eigenvalue weighted by Gasteiger charge is 2.43. The second kappa shape index (κ2) is 6.71. The fraction of sp³-hybridized carbons (Fsp3) is 0.556. The van der Waals surface area contributed by atoms with E-state index in [1.165, 1.54) is 10.5 Å². The van der Waals surface area contributed by atoms with E-state index in [4.69, 9.17) is 5.73 Å². The second-order valence-electron chi connectivity index (χ2n) is 6.97. The topological polar surface area (TPSA) is 83.6 Å².